The molecule has 0 radical (unpaired) electrons. The molecule has 1 atom stereocenters. The molecule has 0 amide bonds. The Labute approximate surface area is 165 Å². The number of piperidine rings is 1. The molecule has 2 aromatic carbocycles. The maximum Gasteiger partial charge on any atom is 0.126 e. The van der Waals surface area contributed by atoms with Crippen molar-refractivity contribution in [2.75, 3.05) is 20.1 Å². The Bertz CT molecular complexity index is 1100. The van der Waals surface area contributed by atoms with Crippen LogP contribution in [0, 0.1) is 25.2 Å². The van der Waals surface area contributed by atoms with Crippen LogP contribution >= 0.6 is 0 Å². The fraction of sp³-hybridized carbons (Fsp3) is 0.348. The molecule has 0 aliphatic carbocycles. The van der Waals surface area contributed by atoms with Crippen LogP contribution in [0.3, 0.4) is 0 Å². The maximum atomic E-state index is 10.4. The van der Waals surface area contributed by atoms with Gasteiger partial charge in [-0.3, -0.25) is 0 Å². The second-order valence-electron chi connectivity index (χ2n) is 7.87. The Hall–Kier alpha value is -2.97. The van der Waals surface area contributed by atoms with Crippen LogP contribution in [0.1, 0.15) is 41.0 Å². The topological polar surface area (TPSA) is 73.0 Å². The molecule has 3 aromatic rings. The van der Waals surface area contributed by atoms with Crippen LogP contribution in [0.5, 0.6) is 5.75 Å². The van der Waals surface area contributed by atoms with Gasteiger partial charge in [-0.1, -0.05) is 11.6 Å². The van der Waals surface area contributed by atoms with Crippen molar-refractivity contribution in [3.8, 4) is 23.1 Å². The normalized spacial score (nSPS) is 17.6. The molecule has 1 aliphatic rings. The van der Waals surface area contributed by atoms with Crippen molar-refractivity contribution in [1.82, 2.24) is 15.1 Å². The number of fused-ring (bicyclic) bond motifs is 1. The van der Waals surface area contributed by atoms with Crippen molar-refractivity contribution in [3.63, 3.8) is 0 Å². The summed E-state index contributed by atoms with van der Waals surface area (Å²) in [5, 5.41) is 29.6. The second-order valence-corrected chi connectivity index (χ2v) is 7.87. The number of phenolic OH excluding ortho intramolecular Hbond substituents is 1. The van der Waals surface area contributed by atoms with Gasteiger partial charge in [-0.2, -0.15) is 5.26 Å². The summed E-state index contributed by atoms with van der Waals surface area (Å²) >= 11 is 0. The smallest absolute Gasteiger partial charge is 0.126 e. The first-order valence-electron chi connectivity index (χ1n) is 9.67. The van der Waals surface area contributed by atoms with Crippen LogP contribution in [0.15, 0.2) is 30.3 Å². The molecular weight excluding hydrogens is 348 g/mol. The van der Waals surface area contributed by atoms with Gasteiger partial charge < -0.3 is 10.0 Å². The van der Waals surface area contributed by atoms with Gasteiger partial charge in [0, 0.05) is 17.5 Å². The van der Waals surface area contributed by atoms with Gasteiger partial charge in [0.05, 0.1) is 17.1 Å². The number of nitrogens with zero attached hydrogens (tertiary/aromatic N) is 4. The summed E-state index contributed by atoms with van der Waals surface area (Å²) in [5.74, 6) is 0.515. The molecule has 5 nitrogen and oxygen atoms in total. The van der Waals surface area contributed by atoms with E-state index in [0.717, 1.165) is 29.6 Å². The van der Waals surface area contributed by atoms with Crippen LogP contribution < -0.4 is 0 Å². The van der Waals surface area contributed by atoms with E-state index in [1.165, 1.54) is 30.0 Å². The third kappa shape index (κ3) is 3.21. The molecule has 0 spiro atoms. The number of aromatic nitrogens is 2. The largest absolute Gasteiger partial charge is 0.507 e. The van der Waals surface area contributed by atoms with Crippen LogP contribution in [-0.2, 0) is 0 Å². The van der Waals surface area contributed by atoms with Gasteiger partial charge in [0.2, 0.25) is 0 Å². The summed E-state index contributed by atoms with van der Waals surface area (Å²) in [5.41, 5.74) is 6.12. The summed E-state index contributed by atoms with van der Waals surface area (Å²) in [7, 11) is 2.17. The molecule has 1 aromatic heterocycles. The second kappa shape index (κ2) is 7.21. The van der Waals surface area contributed by atoms with E-state index in [1.54, 1.807) is 12.1 Å². The number of hydrogen-bond donors (Lipinski definition) is 1. The maximum absolute atomic E-state index is 10.4. The number of phenols is 1. The van der Waals surface area contributed by atoms with Gasteiger partial charge in [-0.05, 0) is 81.6 Å². The summed E-state index contributed by atoms with van der Waals surface area (Å²) in [4.78, 5) is 2.38. The summed E-state index contributed by atoms with van der Waals surface area (Å²) < 4.78 is 0. The predicted molar refractivity (Wildman–Crippen MR) is 110 cm³/mol. The number of hydrogen-bond acceptors (Lipinski definition) is 5. The average molecular weight is 372 g/mol. The van der Waals surface area contributed by atoms with Crippen molar-refractivity contribution >= 4 is 10.9 Å². The van der Waals surface area contributed by atoms with Gasteiger partial charge in [0.15, 0.2) is 0 Å². The number of benzene rings is 2. The predicted octanol–water partition coefficient (Wildman–Crippen LogP) is 4.30. The summed E-state index contributed by atoms with van der Waals surface area (Å²) in [6, 6.07) is 11.4. The minimum atomic E-state index is 0.0533. The van der Waals surface area contributed by atoms with Gasteiger partial charge in [0.25, 0.3) is 0 Å². The molecular formula is C23H24N4O. The minimum Gasteiger partial charge on any atom is -0.507 e. The van der Waals surface area contributed by atoms with Gasteiger partial charge in [-0.15, -0.1) is 10.2 Å². The molecule has 1 fully saturated rings. The molecule has 5 heteroatoms. The van der Waals surface area contributed by atoms with E-state index in [2.05, 4.69) is 41.2 Å². The molecule has 1 N–H and O–H groups in total. The molecule has 1 aliphatic heterocycles. The van der Waals surface area contributed by atoms with E-state index in [1.807, 2.05) is 13.0 Å². The highest BCUT2D eigenvalue weighted by molar-refractivity contribution is 5.90. The lowest BCUT2D eigenvalue weighted by Gasteiger charge is -2.30. The first-order valence-corrected chi connectivity index (χ1v) is 9.67. The number of rotatable bonds is 2. The minimum absolute atomic E-state index is 0.0533. The zero-order valence-corrected chi connectivity index (χ0v) is 16.5. The Morgan fingerprint density at radius 2 is 2.00 bits per heavy atom. The first kappa shape index (κ1) is 18.4. The van der Waals surface area contributed by atoms with Crippen LogP contribution in [0.2, 0.25) is 0 Å². The fourth-order valence-electron chi connectivity index (χ4n) is 4.30. The lowest BCUT2D eigenvalue weighted by Crippen LogP contribution is -2.31. The standard InChI is InChI=1S/C23H24N4O/c1-14-9-19-15(2)22(18-7-6-16(12-24)11-21(18)28)25-26-23(19)20(10-14)17-5-4-8-27(3)13-17/h6-7,9-11,17,28H,4-5,8,13H2,1-3H3. The molecule has 28 heavy (non-hydrogen) atoms. The average Bonchev–Trinajstić information content (AvgIpc) is 2.68. The van der Waals surface area contributed by atoms with Crippen molar-refractivity contribution in [1.29, 1.82) is 5.26 Å². The number of aryl methyl sites for hydroxylation is 2. The molecule has 142 valence electrons. The number of nitriles is 1. The van der Waals surface area contributed by atoms with Crippen molar-refractivity contribution in [3.05, 3.63) is 52.6 Å². The Morgan fingerprint density at radius 3 is 2.71 bits per heavy atom. The Balaban J connectivity index is 1.87. The van der Waals surface area contributed by atoms with Crippen molar-refractivity contribution in [2.45, 2.75) is 32.6 Å². The van der Waals surface area contributed by atoms with Crippen LogP contribution in [0.4, 0.5) is 0 Å². The monoisotopic (exact) mass is 372 g/mol. The fourth-order valence-corrected chi connectivity index (χ4v) is 4.30. The molecule has 2 heterocycles. The van der Waals surface area contributed by atoms with E-state index in [9.17, 15) is 5.11 Å². The van der Waals surface area contributed by atoms with Crippen LogP contribution in [0.25, 0.3) is 22.2 Å². The third-order valence-electron chi connectivity index (χ3n) is 5.74. The highest BCUT2D eigenvalue weighted by Gasteiger charge is 2.23. The van der Waals surface area contributed by atoms with Crippen LogP contribution in [-0.4, -0.2) is 40.3 Å². The summed E-state index contributed by atoms with van der Waals surface area (Å²) in [6.07, 6.45) is 2.36. The van der Waals surface area contributed by atoms with Gasteiger partial charge in [-0.25, -0.2) is 0 Å². The molecule has 0 saturated carbocycles. The highest BCUT2D eigenvalue weighted by atomic mass is 16.3. The van der Waals surface area contributed by atoms with E-state index in [-0.39, 0.29) is 5.75 Å². The van der Waals surface area contributed by atoms with Gasteiger partial charge >= 0.3 is 0 Å². The lowest BCUT2D eigenvalue weighted by atomic mass is 9.87. The Kier molecular flexibility index (Phi) is 4.74. The zero-order valence-electron chi connectivity index (χ0n) is 16.5. The Morgan fingerprint density at radius 1 is 1.18 bits per heavy atom. The molecule has 0 bridgehead atoms. The number of aromatic hydroxyl groups is 1. The van der Waals surface area contributed by atoms with Crippen molar-refractivity contribution < 1.29 is 5.11 Å². The SMILES string of the molecule is Cc1cc(C2CCCN(C)C2)c2nnc(-c3ccc(C#N)cc3O)c(C)c2c1. The highest BCUT2D eigenvalue weighted by Crippen LogP contribution is 2.37. The van der Waals surface area contributed by atoms with E-state index >= 15 is 0 Å². The van der Waals surface area contributed by atoms with E-state index in [0.29, 0.717) is 22.7 Å². The number of likely N-dealkylation sites (N-methyl/N-ethyl adjacent to an activating group) is 1. The van der Waals surface area contributed by atoms with Gasteiger partial charge in [0.1, 0.15) is 11.4 Å². The lowest BCUT2D eigenvalue weighted by molar-refractivity contribution is 0.251. The third-order valence-corrected chi connectivity index (χ3v) is 5.74. The quantitative estimate of drug-likeness (QED) is 0.726. The number of likely N-dealkylation sites (tertiary alicyclic amines) is 1. The summed E-state index contributed by atoms with van der Waals surface area (Å²) in [6.45, 7) is 6.33. The first-order chi connectivity index (χ1) is 13.5. The molecule has 4 rings (SSSR count). The van der Waals surface area contributed by atoms with Crippen molar-refractivity contribution in [2.24, 2.45) is 0 Å². The molecule has 1 saturated heterocycles. The zero-order chi connectivity index (χ0) is 19.8. The van der Waals surface area contributed by atoms with E-state index < -0.39 is 0 Å². The molecule has 1 unspecified atom stereocenters. The van der Waals surface area contributed by atoms with E-state index in [4.69, 9.17) is 5.26 Å².